The average Bonchev–Trinajstić information content (AvgIpc) is 2.34. The molecule has 4 heteroatoms. The summed E-state index contributed by atoms with van der Waals surface area (Å²) in [6, 6.07) is 4.02. The Morgan fingerprint density at radius 3 is 2.94 bits per heavy atom. The maximum Gasteiger partial charge on any atom is 0.222 e. The lowest BCUT2D eigenvalue weighted by Crippen LogP contribution is -2.30. The van der Waals surface area contributed by atoms with Crippen LogP contribution in [-0.2, 0) is 11.2 Å². The molecule has 1 aromatic heterocycles. The molecule has 0 aliphatic rings. The van der Waals surface area contributed by atoms with Crippen LogP contribution in [0.4, 0.5) is 0 Å². The molecule has 0 aliphatic heterocycles. The van der Waals surface area contributed by atoms with Crippen molar-refractivity contribution in [2.75, 3.05) is 13.6 Å². The van der Waals surface area contributed by atoms with Gasteiger partial charge in [0.2, 0.25) is 5.91 Å². The van der Waals surface area contributed by atoms with E-state index in [2.05, 4.69) is 4.98 Å². The van der Waals surface area contributed by atoms with E-state index in [9.17, 15) is 4.79 Å². The van der Waals surface area contributed by atoms with Crippen LogP contribution in [0.3, 0.4) is 0 Å². The number of amides is 1. The van der Waals surface area contributed by atoms with Crippen molar-refractivity contribution in [1.82, 2.24) is 9.88 Å². The predicted molar refractivity (Wildman–Crippen MR) is 68.5 cm³/mol. The molecule has 0 bridgehead atoms. The third-order valence-electron chi connectivity index (χ3n) is 2.70. The zero-order valence-electron chi connectivity index (χ0n) is 10.6. The summed E-state index contributed by atoms with van der Waals surface area (Å²) in [4.78, 5) is 17.5. The second kappa shape index (κ2) is 7.01. The lowest BCUT2D eigenvalue weighted by molar-refractivity contribution is -0.130. The molecule has 0 spiro atoms. The normalized spacial score (nSPS) is 12.2. The van der Waals surface area contributed by atoms with Crippen molar-refractivity contribution in [1.29, 1.82) is 0 Å². The van der Waals surface area contributed by atoms with Gasteiger partial charge in [-0.3, -0.25) is 9.78 Å². The van der Waals surface area contributed by atoms with Crippen molar-refractivity contribution in [3.05, 3.63) is 30.1 Å². The number of rotatable bonds is 6. The van der Waals surface area contributed by atoms with E-state index in [-0.39, 0.29) is 11.9 Å². The van der Waals surface area contributed by atoms with E-state index in [4.69, 9.17) is 5.73 Å². The summed E-state index contributed by atoms with van der Waals surface area (Å²) in [5, 5.41) is 0. The zero-order valence-corrected chi connectivity index (χ0v) is 10.6. The molecule has 1 aromatic rings. The minimum Gasteiger partial charge on any atom is -0.345 e. The Balaban J connectivity index is 2.29. The first-order valence-corrected chi connectivity index (χ1v) is 5.98. The first kappa shape index (κ1) is 13.6. The molecule has 0 radical (unpaired) electrons. The van der Waals surface area contributed by atoms with Crippen LogP contribution in [-0.4, -0.2) is 35.4 Å². The minimum absolute atomic E-state index is 0.0886. The maximum atomic E-state index is 11.7. The van der Waals surface area contributed by atoms with Gasteiger partial charge in [-0.15, -0.1) is 0 Å². The number of hydrogen-bond acceptors (Lipinski definition) is 3. The van der Waals surface area contributed by atoms with Crippen LogP contribution in [0.5, 0.6) is 0 Å². The molecule has 0 saturated heterocycles. The second-order valence-electron chi connectivity index (χ2n) is 4.44. The number of pyridine rings is 1. The molecule has 1 rings (SSSR count). The number of carbonyl (C=O) groups is 1. The molecular weight excluding hydrogens is 214 g/mol. The van der Waals surface area contributed by atoms with Crippen LogP contribution in [0.2, 0.25) is 0 Å². The number of carbonyl (C=O) groups excluding carboxylic acids is 1. The van der Waals surface area contributed by atoms with Gasteiger partial charge in [-0.1, -0.05) is 6.07 Å². The molecular formula is C13H21N3O. The molecule has 1 unspecified atom stereocenters. The van der Waals surface area contributed by atoms with E-state index in [1.54, 1.807) is 11.1 Å². The van der Waals surface area contributed by atoms with Crippen LogP contribution >= 0.6 is 0 Å². The van der Waals surface area contributed by atoms with Crippen molar-refractivity contribution >= 4 is 5.91 Å². The van der Waals surface area contributed by atoms with Gasteiger partial charge >= 0.3 is 0 Å². The maximum absolute atomic E-state index is 11.7. The number of hydrogen-bond donors (Lipinski definition) is 1. The summed E-state index contributed by atoms with van der Waals surface area (Å²) in [7, 11) is 1.83. The topological polar surface area (TPSA) is 59.2 Å². The standard InChI is InChI=1S/C13H21N3O/c1-11(14)5-6-13(17)16(2)9-7-12-4-3-8-15-10-12/h3-4,8,10-11H,5-7,9,14H2,1-2H3. The summed E-state index contributed by atoms with van der Waals surface area (Å²) in [5.41, 5.74) is 6.78. The average molecular weight is 235 g/mol. The molecule has 2 N–H and O–H groups in total. The molecule has 94 valence electrons. The highest BCUT2D eigenvalue weighted by Gasteiger charge is 2.09. The fraction of sp³-hybridized carbons (Fsp3) is 0.538. The van der Waals surface area contributed by atoms with Crippen molar-refractivity contribution in [3.8, 4) is 0 Å². The lowest BCUT2D eigenvalue weighted by Gasteiger charge is -2.17. The molecule has 1 heterocycles. The largest absolute Gasteiger partial charge is 0.345 e. The van der Waals surface area contributed by atoms with Crippen molar-refractivity contribution in [3.63, 3.8) is 0 Å². The summed E-state index contributed by atoms with van der Waals surface area (Å²) in [6.45, 7) is 2.65. The Hall–Kier alpha value is -1.42. The lowest BCUT2D eigenvalue weighted by atomic mass is 10.1. The van der Waals surface area contributed by atoms with Gasteiger partial charge in [0, 0.05) is 38.4 Å². The highest BCUT2D eigenvalue weighted by atomic mass is 16.2. The molecule has 1 amide bonds. The van der Waals surface area contributed by atoms with E-state index in [1.165, 1.54) is 0 Å². The summed E-state index contributed by atoms with van der Waals surface area (Å²) >= 11 is 0. The fourth-order valence-corrected chi connectivity index (χ4v) is 1.51. The number of nitrogens with two attached hydrogens (primary N) is 1. The third-order valence-corrected chi connectivity index (χ3v) is 2.70. The molecule has 17 heavy (non-hydrogen) atoms. The molecule has 0 fully saturated rings. The third kappa shape index (κ3) is 5.45. The Bertz CT molecular complexity index is 338. The molecule has 0 aliphatic carbocycles. The van der Waals surface area contributed by atoms with E-state index in [0.717, 1.165) is 24.9 Å². The van der Waals surface area contributed by atoms with Crippen LogP contribution in [0, 0.1) is 0 Å². The highest BCUT2D eigenvalue weighted by molar-refractivity contribution is 5.75. The Kier molecular flexibility index (Phi) is 5.63. The van der Waals surface area contributed by atoms with E-state index >= 15 is 0 Å². The summed E-state index contributed by atoms with van der Waals surface area (Å²) in [6.07, 6.45) is 5.70. The van der Waals surface area contributed by atoms with Crippen LogP contribution in [0.1, 0.15) is 25.3 Å². The summed E-state index contributed by atoms with van der Waals surface area (Å²) < 4.78 is 0. The van der Waals surface area contributed by atoms with Gasteiger partial charge in [0.05, 0.1) is 0 Å². The van der Waals surface area contributed by atoms with Gasteiger partial charge in [0.1, 0.15) is 0 Å². The highest BCUT2D eigenvalue weighted by Crippen LogP contribution is 2.02. The van der Waals surface area contributed by atoms with Gasteiger partial charge in [-0.05, 0) is 31.4 Å². The Morgan fingerprint density at radius 2 is 2.35 bits per heavy atom. The van der Waals surface area contributed by atoms with Crippen molar-refractivity contribution in [2.45, 2.75) is 32.2 Å². The van der Waals surface area contributed by atoms with E-state index in [0.29, 0.717) is 6.42 Å². The van der Waals surface area contributed by atoms with Crippen LogP contribution in [0.15, 0.2) is 24.5 Å². The predicted octanol–water partition coefficient (Wildman–Crippen LogP) is 1.21. The van der Waals surface area contributed by atoms with Gasteiger partial charge in [0.25, 0.3) is 0 Å². The van der Waals surface area contributed by atoms with Gasteiger partial charge in [0.15, 0.2) is 0 Å². The molecule has 0 aromatic carbocycles. The Labute approximate surface area is 103 Å². The second-order valence-corrected chi connectivity index (χ2v) is 4.44. The SMILES string of the molecule is CC(N)CCC(=O)N(C)CCc1cccnc1. The zero-order chi connectivity index (χ0) is 12.7. The van der Waals surface area contributed by atoms with E-state index in [1.807, 2.05) is 32.3 Å². The monoisotopic (exact) mass is 235 g/mol. The number of aromatic nitrogens is 1. The van der Waals surface area contributed by atoms with Crippen LogP contribution < -0.4 is 5.73 Å². The minimum atomic E-state index is 0.0886. The van der Waals surface area contributed by atoms with Gasteiger partial charge in [-0.2, -0.15) is 0 Å². The molecule has 1 atom stereocenters. The number of likely N-dealkylation sites (N-methyl/N-ethyl adjacent to an activating group) is 1. The molecule has 4 nitrogen and oxygen atoms in total. The smallest absolute Gasteiger partial charge is 0.222 e. The van der Waals surface area contributed by atoms with Crippen LogP contribution in [0.25, 0.3) is 0 Å². The Morgan fingerprint density at radius 1 is 1.59 bits per heavy atom. The number of nitrogens with zero attached hydrogens (tertiary/aromatic N) is 2. The first-order valence-electron chi connectivity index (χ1n) is 5.98. The first-order chi connectivity index (χ1) is 8.09. The summed E-state index contributed by atoms with van der Waals surface area (Å²) in [5.74, 6) is 0.159. The quantitative estimate of drug-likeness (QED) is 0.806. The molecule has 0 saturated carbocycles. The fourth-order valence-electron chi connectivity index (χ4n) is 1.51. The van der Waals surface area contributed by atoms with Crippen molar-refractivity contribution < 1.29 is 4.79 Å². The van der Waals surface area contributed by atoms with Gasteiger partial charge in [-0.25, -0.2) is 0 Å². The van der Waals surface area contributed by atoms with Crippen molar-refractivity contribution in [2.24, 2.45) is 5.73 Å². The van der Waals surface area contributed by atoms with E-state index < -0.39 is 0 Å². The van der Waals surface area contributed by atoms with Gasteiger partial charge < -0.3 is 10.6 Å².